The number of hydrogen-bond acceptors (Lipinski definition) is 5. The van der Waals surface area contributed by atoms with Gasteiger partial charge in [-0.05, 0) is 18.6 Å². The highest BCUT2D eigenvalue weighted by Gasteiger charge is 2.12. The predicted octanol–water partition coefficient (Wildman–Crippen LogP) is 3.02. The van der Waals surface area contributed by atoms with Gasteiger partial charge in [0.05, 0.1) is 15.5 Å². The second kappa shape index (κ2) is 6.85. The number of aromatic carboxylic acids is 1. The summed E-state index contributed by atoms with van der Waals surface area (Å²) in [6.45, 7) is 0. The van der Waals surface area contributed by atoms with E-state index in [1.165, 1.54) is 36.2 Å². The van der Waals surface area contributed by atoms with Crippen LogP contribution in [0, 0.1) is 10.1 Å². The Morgan fingerprint density at radius 2 is 2.10 bits per heavy atom. The zero-order valence-electron chi connectivity index (χ0n) is 10.9. The molecule has 0 amide bonds. The van der Waals surface area contributed by atoms with Crippen molar-refractivity contribution in [3.63, 3.8) is 0 Å². The number of benzene rings is 1. The maximum Gasteiger partial charge on any atom is 0.335 e. The van der Waals surface area contributed by atoms with E-state index in [1.54, 1.807) is 18.2 Å². The number of carboxylic acids is 1. The predicted molar refractivity (Wildman–Crippen MR) is 78.7 cm³/mol. The van der Waals surface area contributed by atoms with Crippen LogP contribution in [0.2, 0.25) is 0 Å². The highest BCUT2D eigenvalue weighted by Crippen LogP contribution is 2.22. The molecule has 0 bridgehead atoms. The van der Waals surface area contributed by atoms with E-state index in [1.807, 2.05) is 0 Å². The van der Waals surface area contributed by atoms with E-state index in [0.717, 1.165) is 0 Å². The Labute approximate surface area is 125 Å². The minimum atomic E-state index is -1.00. The molecule has 1 heterocycles. The fourth-order valence-corrected chi connectivity index (χ4v) is 2.66. The Hall–Kier alpha value is -2.41. The number of nitro groups is 1. The molecular weight excluding hydrogens is 292 g/mol. The van der Waals surface area contributed by atoms with Gasteiger partial charge in [0.2, 0.25) is 0 Å². The summed E-state index contributed by atoms with van der Waals surface area (Å²) < 4.78 is 0. The van der Waals surface area contributed by atoms with Gasteiger partial charge in [-0.2, -0.15) is 0 Å². The Bertz CT molecular complexity index is 676. The second-order valence-electron chi connectivity index (χ2n) is 4.17. The first kappa shape index (κ1) is 15.0. The molecule has 0 unspecified atom stereocenters. The molecule has 0 aliphatic rings. The lowest BCUT2D eigenvalue weighted by Crippen LogP contribution is -1.98. The standard InChI is InChI=1S/C14H12N2O4S/c17-14(18)11-5-7-15-13(9-11)21-8-6-10-3-1-2-4-12(10)16(19)20/h1-5,7,9H,6,8H2,(H,17,18). The molecule has 1 aromatic carbocycles. The van der Waals surface area contributed by atoms with E-state index in [0.29, 0.717) is 22.8 Å². The number of para-hydroxylation sites is 1. The van der Waals surface area contributed by atoms with Gasteiger partial charge in [-0.1, -0.05) is 18.2 Å². The molecule has 1 N–H and O–H groups in total. The maximum atomic E-state index is 10.9. The van der Waals surface area contributed by atoms with Crippen molar-refractivity contribution >= 4 is 23.4 Å². The molecule has 0 spiro atoms. The molecule has 6 nitrogen and oxygen atoms in total. The minimum Gasteiger partial charge on any atom is -0.478 e. The van der Waals surface area contributed by atoms with Crippen molar-refractivity contribution in [1.29, 1.82) is 0 Å². The molecule has 0 saturated heterocycles. The zero-order chi connectivity index (χ0) is 15.2. The van der Waals surface area contributed by atoms with Crippen molar-refractivity contribution < 1.29 is 14.8 Å². The highest BCUT2D eigenvalue weighted by molar-refractivity contribution is 7.99. The molecule has 0 aliphatic carbocycles. The number of carbonyl (C=O) groups is 1. The summed E-state index contributed by atoms with van der Waals surface area (Å²) in [6.07, 6.45) is 1.96. The van der Waals surface area contributed by atoms with E-state index in [9.17, 15) is 14.9 Å². The normalized spacial score (nSPS) is 10.3. The molecule has 2 aromatic rings. The summed E-state index contributed by atoms with van der Waals surface area (Å²) in [5, 5.41) is 20.4. The second-order valence-corrected chi connectivity index (χ2v) is 5.29. The van der Waals surface area contributed by atoms with Gasteiger partial charge in [-0.25, -0.2) is 9.78 Å². The zero-order valence-corrected chi connectivity index (χ0v) is 11.7. The number of thioether (sulfide) groups is 1. The molecule has 7 heteroatoms. The van der Waals surface area contributed by atoms with Crippen molar-refractivity contribution in [2.45, 2.75) is 11.4 Å². The van der Waals surface area contributed by atoms with Gasteiger partial charge in [-0.3, -0.25) is 10.1 Å². The topological polar surface area (TPSA) is 93.3 Å². The smallest absolute Gasteiger partial charge is 0.335 e. The lowest BCUT2D eigenvalue weighted by Gasteiger charge is -2.03. The number of nitrogens with zero attached hydrogens (tertiary/aromatic N) is 2. The summed E-state index contributed by atoms with van der Waals surface area (Å²) in [5.74, 6) is -0.418. The fourth-order valence-electron chi connectivity index (χ4n) is 1.79. The highest BCUT2D eigenvalue weighted by atomic mass is 32.2. The van der Waals surface area contributed by atoms with Crippen LogP contribution in [0.15, 0.2) is 47.6 Å². The van der Waals surface area contributed by atoms with Gasteiger partial charge in [0.25, 0.3) is 5.69 Å². The number of aromatic nitrogens is 1. The monoisotopic (exact) mass is 304 g/mol. The lowest BCUT2D eigenvalue weighted by atomic mass is 10.1. The molecule has 0 fully saturated rings. The van der Waals surface area contributed by atoms with Crippen molar-refractivity contribution in [2.24, 2.45) is 0 Å². The molecular formula is C14H12N2O4S. The average Bonchev–Trinajstić information content (AvgIpc) is 2.48. The Morgan fingerprint density at radius 3 is 2.81 bits per heavy atom. The van der Waals surface area contributed by atoms with Crippen LogP contribution in [0.4, 0.5) is 5.69 Å². The number of pyridine rings is 1. The van der Waals surface area contributed by atoms with Crippen molar-refractivity contribution in [2.75, 3.05) is 5.75 Å². The molecule has 0 aliphatic heterocycles. The third kappa shape index (κ3) is 4.03. The van der Waals surface area contributed by atoms with Crippen molar-refractivity contribution in [1.82, 2.24) is 4.98 Å². The fraction of sp³-hybridized carbons (Fsp3) is 0.143. The third-order valence-electron chi connectivity index (χ3n) is 2.79. The summed E-state index contributed by atoms with van der Waals surface area (Å²) in [6, 6.07) is 9.51. The molecule has 0 saturated carbocycles. The van der Waals surface area contributed by atoms with Crippen LogP contribution < -0.4 is 0 Å². The Morgan fingerprint density at radius 1 is 1.33 bits per heavy atom. The number of nitro benzene ring substituents is 1. The molecule has 1 aromatic heterocycles. The van der Waals surface area contributed by atoms with Crippen molar-refractivity contribution in [3.05, 3.63) is 63.8 Å². The summed E-state index contributed by atoms with van der Waals surface area (Å²) >= 11 is 1.37. The van der Waals surface area contributed by atoms with Crippen LogP contribution in [0.5, 0.6) is 0 Å². The first-order valence-corrected chi connectivity index (χ1v) is 7.11. The van der Waals surface area contributed by atoms with Crippen LogP contribution in [0.25, 0.3) is 0 Å². The van der Waals surface area contributed by atoms with Crippen LogP contribution >= 0.6 is 11.8 Å². The van der Waals surface area contributed by atoms with E-state index in [-0.39, 0.29) is 11.3 Å². The van der Waals surface area contributed by atoms with Crippen LogP contribution in [-0.2, 0) is 6.42 Å². The SMILES string of the molecule is O=C(O)c1ccnc(SCCc2ccccc2[N+](=O)[O-])c1. The molecule has 0 radical (unpaired) electrons. The molecule has 108 valence electrons. The van der Waals surface area contributed by atoms with E-state index >= 15 is 0 Å². The van der Waals surface area contributed by atoms with Gasteiger partial charge in [0.1, 0.15) is 0 Å². The largest absolute Gasteiger partial charge is 0.478 e. The van der Waals surface area contributed by atoms with Crippen LogP contribution in [0.3, 0.4) is 0 Å². The number of rotatable bonds is 6. The molecule has 21 heavy (non-hydrogen) atoms. The maximum absolute atomic E-state index is 10.9. The number of aryl methyl sites for hydroxylation is 1. The summed E-state index contributed by atoms with van der Waals surface area (Å²) in [7, 11) is 0. The minimum absolute atomic E-state index is 0.102. The Kier molecular flexibility index (Phi) is 4.89. The van der Waals surface area contributed by atoms with E-state index in [2.05, 4.69) is 4.98 Å². The molecule has 2 rings (SSSR count). The van der Waals surface area contributed by atoms with Gasteiger partial charge in [0, 0.05) is 23.6 Å². The summed E-state index contributed by atoms with van der Waals surface area (Å²) in [5.41, 5.74) is 0.938. The van der Waals surface area contributed by atoms with Gasteiger partial charge in [0.15, 0.2) is 0 Å². The van der Waals surface area contributed by atoms with Gasteiger partial charge in [-0.15, -0.1) is 11.8 Å². The first-order chi connectivity index (χ1) is 10.1. The van der Waals surface area contributed by atoms with Gasteiger partial charge >= 0.3 is 5.97 Å². The van der Waals surface area contributed by atoms with E-state index in [4.69, 9.17) is 5.11 Å². The number of hydrogen-bond donors (Lipinski definition) is 1. The number of carboxylic acid groups (broad SMARTS) is 1. The first-order valence-electron chi connectivity index (χ1n) is 6.12. The summed E-state index contributed by atoms with van der Waals surface area (Å²) in [4.78, 5) is 25.4. The third-order valence-corrected chi connectivity index (χ3v) is 3.72. The molecule has 0 atom stereocenters. The van der Waals surface area contributed by atoms with Crippen LogP contribution in [-0.4, -0.2) is 26.7 Å². The van der Waals surface area contributed by atoms with Gasteiger partial charge < -0.3 is 5.11 Å². The lowest BCUT2D eigenvalue weighted by molar-refractivity contribution is -0.385. The Balaban J connectivity index is 2.00. The van der Waals surface area contributed by atoms with Crippen LogP contribution in [0.1, 0.15) is 15.9 Å². The van der Waals surface area contributed by atoms with E-state index < -0.39 is 10.9 Å². The average molecular weight is 304 g/mol. The quantitative estimate of drug-likeness (QED) is 0.501. The van der Waals surface area contributed by atoms with Crippen molar-refractivity contribution in [3.8, 4) is 0 Å².